The Morgan fingerprint density at radius 2 is 1.97 bits per heavy atom. The highest BCUT2D eigenvalue weighted by Crippen LogP contribution is 2.33. The summed E-state index contributed by atoms with van der Waals surface area (Å²) in [7, 11) is 0. The van der Waals surface area contributed by atoms with E-state index in [-0.39, 0.29) is 30.6 Å². The van der Waals surface area contributed by atoms with Gasteiger partial charge in [0.1, 0.15) is 12.2 Å². The van der Waals surface area contributed by atoms with Gasteiger partial charge in [-0.15, -0.1) is 0 Å². The molecule has 0 bridgehead atoms. The second-order valence-corrected chi connectivity index (χ2v) is 9.50. The maximum absolute atomic E-state index is 12.6. The first kappa shape index (κ1) is 26.1. The number of rotatable bonds is 9. The van der Waals surface area contributed by atoms with Gasteiger partial charge in [-0.3, -0.25) is 9.59 Å². The third-order valence-corrected chi connectivity index (χ3v) is 6.44. The number of hydrogen-bond donors (Lipinski definition) is 2. The number of amides is 1. The van der Waals surface area contributed by atoms with E-state index in [1.807, 2.05) is 13.0 Å². The number of esters is 1. The van der Waals surface area contributed by atoms with E-state index in [0.717, 1.165) is 37.7 Å². The fraction of sp³-hybridized carbons (Fsp3) is 0.680. The number of aromatic nitrogens is 1. The van der Waals surface area contributed by atoms with E-state index in [4.69, 9.17) is 19.9 Å². The number of aliphatic imine (C=N–C) groups is 2. The Hall–Kier alpha value is -2.52. The smallest absolute Gasteiger partial charge is 0.306 e. The maximum Gasteiger partial charge on any atom is 0.306 e. The zero-order chi connectivity index (χ0) is 24.6. The summed E-state index contributed by atoms with van der Waals surface area (Å²) in [5.74, 6) is 0.0751. The zero-order valence-electron chi connectivity index (χ0n) is 20.5. The number of carbonyl (C=O) groups is 2. The van der Waals surface area contributed by atoms with Crippen molar-refractivity contribution in [2.75, 3.05) is 13.2 Å². The summed E-state index contributed by atoms with van der Waals surface area (Å²) in [6.45, 7) is 5.83. The van der Waals surface area contributed by atoms with Crippen LogP contribution in [0.2, 0.25) is 0 Å². The van der Waals surface area contributed by atoms with E-state index < -0.39 is 11.5 Å². The second-order valence-electron chi connectivity index (χ2n) is 9.50. The molecule has 2 fully saturated rings. The van der Waals surface area contributed by atoms with Gasteiger partial charge in [-0.1, -0.05) is 19.3 Å². The van der Waals surface area contributed by atoms with Gasteiger partial charge in [0.15, 0.2) is 5.84 Å². The number of nitrogens with one attached hydrogen (secondary N) is 1. The van der Waals surface area contributed by atoms with Crippen molar-refractivity contribution in [2.45, 2.75) is 89.9 Å². The molecule has 2 aliphatic rings. The molecule has 0 radical (unpaired) electrons. The molecular weight excluding hydrogens is 436 g/mol. The van der Waals surface area contributed by atoms with Crippen molar-refractivity contribution in [3.8, 4) is 0 Å². The van der Waals surface area contributed by atoms with Gasteiger partial charge in [0, 0.05) is 18.7 Å². The average Bonchev–Trinajstić information content (AvgIpc) is 3.48. The SMILES string of the molecule is CCOC(C)(C)C(=O)N=C(N=CN)c1ccc(C2CCC(COC(=O)CC3CCCCC3)O2)[nH]1. The number of ether oxygens (including phenoxy) is 3. The molecule has 0 aromatic carbocycles. The van der Waals surface area contributed by atoms with Gasteiger partial charge in [0.05, 0.1) is 24.2 Å². The van der Waals surface area contributed by atoms with Gasteiger partial charge in [0.25, 0.3) is 5.91 Å². The molecule has 1 aromatic rings. The molecule has 1 saturated carbocycles. The summed E-state index contributed by atoms with van der Waals surface area (Å²) in [5, 5.41) is 0. The monoisotopic (exact) mass is 474 g/mol. The lowest BCUT2D eigenvalue weighted by molar-refractivity contribution is -0.149. The van der Waals surface area contributed by atoms with Crippen LogP contribution in [-0.2, 0) is 23.8 Å². The Bertz CT molecular complexity index is 886. The van der Waals surface area contributed by atoms with Crippen molar-refractivity contribution in [1.82, 2.24) is 4.98 Å². The summed E-state index contributed by atoms with van der Waals surface area (Å²) in [6, 6.07) is 3.68. The van der Waals surface area contributed by atoms with Crippen LogP contribution >= 0.6 is 0 Å². The predicted octanol–water partition coefficient (Wildman–Crippen LogP) is 3.82. The number of hydrogen-bond acceptors (Lipinski definition) is 5. The molecule has 9 heteroatoms. The normalized spacial score (nSPS) is 22.4. The van der Waals surface area contributed by atoms with Crippen molar-refractivity contribution < 1.29 is 23.8 Å². The Morgan fingerprint density at radius 1 is 1.21 bits per heavy atom. The molecule has 1 aliphatic carbocycles. The van der Waals surface area contributed by atoms with Crippen molar-refractivity contribution in [3.63, 3.8) is 0 Å². The number of amidine groups is 1. The lowest BCUT2D eigenvalue weighted by Gasteiger charge is -2.21. The van der Waals surface area contributed by atoms with E-state index in [9.17, 15) is 9.59 Å². The molecule has 1 aromatic heterocycles. The van der Waals surface area contributed by atoms with E-state index in [0.29, 0.717) is 24.6 Å². The molecule has 3 rings (SSSR count). The fourth-order valence-electron chi connectivity index (χ4n) is 4.54. The lowest BCUT2D eigenvalue weighted by atomic mass is 9.87. The molecule has 2 unspecified atom stereocenters. The summed E-state index contributed by atoms with van der Waals surface area (Å²) in [4.78, 5) is 36.2. The van der Waals surface area contributed by atoms with E-state index in [2.05, 4.69) is 15.0 Å². The van der Waals surface area contributed by atoms with Crippen LogP contribution in [0.1, 0.15) is 89.6 Å². The Kier molecular flexibility index (Phi) is 9.41. The van der Waals surface area contributed by atoms with Gasteiger partial charge in [0.2, 0.25) is 0 Å². The van der Waals surface area contributed by atoms with Crippen LogP contribution in [0, 0.1) is 5.92 Å². The van der Waals surface area contributed by atoms with Crippen LogP contribution in [0.4, 0.5) is 0 Å². The van der Waals surface area contributed by atoms with Crippen LogP contribution in [0.5, 0.6) is 0 Å². The molecule has 2 atom stereocenters. The first-order valence-electron chi connectivity index (χ1n) is 12.3. The summed E-state index contributed by atoms with van der Waals surface area (Å²) in [5.41, 5.74) is 5.83. The molecule has 1 saturated heterocycles. The number of H-pyrrole nitrogens is 1. The van der Waals surface area contributed by atoms with Crippen LogP contribution in [0.15, 0.2) is 22.1 Å². The number of carbonyl (C=O) groups excluding carboxylic acids is 2. The number of aromatic amines is 1. The Morgan fingerprint density at radius 3 is 2.68 bits per heavy atom. The molecule has 1 aliphatic heterocycles. The third kappa shape index (κ3) is 7.24. The minimum Gasteiger partial charge on any atom is -0.463 e. The average molecular weight is 475 g/mol. The maximum atomic E-state index is 12.6. The molecule has 2 heterocycles. The van der Waals surface area contributed by atoms with Crippen molar-refractivity contribution in [2.24, 2.45) is 21.6 Å². The van der Waals surface area contributed by atoms with E-state index in [1.165, 1.54) is 19.3 Å². The third-order valence-electron chi connectivity index (χ3n) is 6.44. The highest BCUT2D eigenvalue weighted by molar-refractivity contribution is 6.08. The van der Waals surface area contributed by atoms with E-state index in [1.54, 1.807) is 19.9 Å². The molecule has 1 amide bonds. The minimum atomic E-state index is -1.06. The fourth-order valence-corrected chi connectivity index (χ4v) is 4.54. The summed E-state index contributed by atoms with van der Waals surface area (Å²) >= 11 is 0. The molecule has 188 valence electrons. The minimum absolute atomic E-state index is 0.124. The highest BCUT2D eigenvalue weighted by atomic mass is 16.6. The van der Waals surface area contributed by atoms with Crippen LogP contribution in [-0.4, -0.2) is 54.0 Å². The van der Waals surface area contributed by atoms with Crippen molar-refractivity contribution >= 4 is 24.1 Å². The summed E-state index contributed by atoms with van der Waals surface area (Å²) in [6.07, 6.45) is 8.88. The number of nitrogens with zero attached hydrogens (tertiary/aromatic N) is 2. The second kappa shape index (κ2) is 12.3. The standard InChI is InChI=1S/C25H38N4O5/c1-4-33-25(2,3)24(31)29-23(27-16-26)20-12-11-19(28-20)21-13-10-18(34-21)15-32-22(30)14-17-8-6-5-7-9-17/h11-12,16-18,21,28H,4-10,13-15H2,1-3H3,(H2,26,27,29,31). The van der Waals surface area contributed by atoms with Crippen LogP contribution < -0.4 is 5.73 Å². The lowest BCUT2D eigenvalue weighted by Crippen LogP contribution is -2.34. The van der Waals surface area contributed by atoms with Gasteiger partial charge >= 0.3 is 5.97 Å². The zero-order valence-corrected chi connectivity index (χ0v) is 20.5. The summed E-state index contributed by atoms with van der Waals surface area (Å²) < 4.78 is 17.1. The number of nitrogens with two attached hydrogens (primary N) is 1. The van der Waals surface area contributed by atoms with E-state index >= 15 is 0 Å². The van der Waals surface area contributed by atoms with Gasteiger partial charge in [-0.05, 0) is 64.5 Å². The highest BCUT2D eigenvalue weighted by Gasteiger charge is 2.30. The van der Waals surface area contributed by atoms with Gasteiger partial charge in [-0.2, -0.15) is 4.99 Å². The van der Waals surface area contributed by atoms with Crippen molar-refractivity contribution in [1.29, 1.82) is 0 Å². The largest absolute Gasteiger partial charge is 0.463 e. The Balaban J connectivity index is 1.55. The molecular formula is C25H38N4O5. The van der Waals surface area contributed by atoms with Crippen LogP contribution in [0.25, 0.3) is 0 Å². The molecule has 9 nitrogen and oxygen atoms in total. The first-order chi connectivity index (χ1) is 16.3. The molecule has 0 spiro atoms. The topological polar surface area (TPSA) is 128 Å². The van der Waals surface area contributed by atoms with Gasteiger partial charge in [-0.25, -0.2) is 4.99 Å². The Labute approximate surface area is 201 Å². The quantitative estimate of drug-likeness (QED) is 0.318. The predicted molar refractivity (Wildman–Crippen MR) is 130 cm³/mol. The van der Waals surface area contributed by atoms with Crippen LogP contribution in [0.3, 0.4) is 0 Å². The van der Waals surface area contributed by atoms with Gasteiger partial charge < -0.3 is 24.9 Å². The molecule has 3 N–H and O–H groups in total. The van der Waals surface area contributed by atoms with Crippen molar-refractivity contribution in [3.05, 3.63) is 23.5 Å². The molecule has 34 heavy (non-hydrogen) atoms. The first-order valence-corrected chi connectivity index (χ1v) is 12.3.